The fraction of sp³-hybridized carbons (Fsp3) is 0.593. The highest BCUT2D eigenvalue weighted by atomic mass is 35.5. The molecule has 3 aliphatic rings. The minimum atomic E-state index is -1.24. The summed E-state index contributed by atoms with van der Waals surface area (Å²) < 4.78 is 6.55. The van der Waals surface area contributed by atoms with E-state index in [2.05, 4.69) is 6.58 Å². The number of para-hydroxylation sites is 1. The molecule has 3 unspecified atom stereocenters. The maximum Gasteiger partial charge on any atom is 0.310 e. The monoisotopic (exact) mass is 518 g/mol. The first-order chi connectivity index (χ1) is 17.0. The Bertz CT molecular complexity index is 1060. The molecule has 36 heavy (non-hydrogen) atoms. The first-order valence-corrected chi connectivity index (χ1v) is 12.9. The molecule has 2 amide bonds. The Morgan fingerprint density at radius 3 is 2.67 bits per heavy atom. The van der Waals surface area contributed by atoms with Crippen molar-refractivity contribution in [1.82, 2.24) is 4.90 Å². The van der Waals surface area contributed by atoms with Crippen LogP contribution in [-0.4, -0.2) is 69.8 Å². The number of aryl methyl sites for hydroxylation is 1. The summed E-state index contributed by atoms with van der Waals surface area (Å²) in [6, 6.07) is 4.38. The van der Waals surface area contributed by atoms with Crippen molar-refractivity contribution in [2.45, 2.75) is 63.7 Å². The van der Waals surface area contributed by atoms with E-state index in [1.54, 1.807) is 25.1 Å². The third-order valence-corrected chi connectivity index (χ3v) is 8.71. The number of carbonyl (C=O) groups is 3. The van der Waals surface area contributed by atoms with Gasteiger partial charge in [0.2, 0.25) is 5.91 Å². The van der Waals surface area contributed by atoms with Gasteiger partial charge >= 0.3 is 5.97 Å². The van der Waals surface area contributed by atoms with Crippen LogP contribution in [0.2, 0.25) is 5.02 Å². The number of likely N-dealkylation sites (tertiary alicyclic amines) is 1. The molecule has 3 aliphatic heterocycles. The van der Waals surface area contributed by atoms with E-state index in [0.29, 0.717) is 36.4 Å². The summed E-state index contributed by atoms with van der Waals surface area (Å²) in [6.07, 6.45) is 3.86. The number of aliphatic hydroxyl groups is 1. The van der Waals surface area contributed by atoms with Crippen molar-refractivity contribution in [2.24, 2.45) is 17.8 Å². The van der Waals surface area contributed by atoms with Crippen LogP contribution < -0.4 is 4.90 Å². The quantitative estimate of drug-likeness (QED) is 0.363. The smallest absolute Gasteiger partial charge is 0.310 e. The highest BCUT2D eigenvalue weighted by molar-refractivity contribution is 6.34. The second kappa shape index (κ2) is 9.80. The van der Waals surface area contributed by atoms with Gasteiger partial charge < -0.3 is 24.7 Å². The van der Waals surface area contributed by atoms with E-state index in [-0.39, 0.29) is 37.4 Å². The highest BCUT2D eigenvalue weighted by Crippen LogP contribution is 2.65. The van der Waals surface area contributed by atoms with Crippen molar-refractivity contribution in [1.29, 1.82) is 0 Å². The lowest BCUT2D eigenvalue weighted by molar-refractivity contribution is -0.156. The summed E-state index contributed by atoms with van der Waals surface area (Å²) in [5, 5.41) is 19.8. The van der Waals surface area contributed by atoms with Crippen molar-refractivity contribution in [3.05, 3.63) is 41.4 Å². The molecule has 4 rings (SSSR count). The number of carboxylic acid groups (broad SMARTS) is 1. The minimum Gasteiger partial charge on any atom is -0.481 e. The number of rotatable bonds is 10. The second-order valence-electron chi connectivity index (χ2n) is 10.5. The van der Waals surface area contributed by atoms with Gasteiger partial charge in [-0.05, 0) is 57.1 Å². The predicted molar refractivity (Wildman–Crippen MR) is 136 cm³/mol. The Morgan fingerprint density at radius 2 is 2.06 bits per heavy atom. The Balaban J connectivity index is 1.82. The number of anilines is 1. The average Bonchev–Trinajstić information content (AvgIpc) is 3.32. The number of carbonyl (C=O) groups excluding carboxylic acids is 2. The first-order valence-electron chi connectivity index (χ1n) is 12.6. The molecular weight excluding hydrogens is 484 g/mol. The number of aliphatic hydroxyl groups excluding tert-OH is 1. The number of fused-ring (bicyclic) bond motifs is 1. The zero-order chi connectivity index (χ0) is 26.4. The van der Waals surface area contributed by atoms with Crippen LogP contribution in [0.3, 0.4) is 0 Å². The maximum atomic E-state index is 14.5. The van der Waals surface area contributed by atoms with Crippen molar-refractivity contribution in [2.75, 3.05) is 24.6 Å². The standard InChI is InChI=1S/C27H35ClN2O6/c1-5-12-29(21-16(2)10-9-11-18(21)28)24(33)22-27-15-17(3)26(4,36-27)20(25(34)35)19(27)23(32)30(22)13-7-6-8-14-31/h5,9-11,17,19-20,22,31H,1,6-8,12-15H2,2-4H3,(H,34,35)/t17?,19-,20+,22?,26-,27?/m0/s1. The fourth-order valence-electron chi connectivity index (χ4n) is 6.74. The predicted octanol–water partition coefficient (Wildman–Crippen LogP) is 3.43. The van der Waals surface area contributed by atoms with Crippen LogP contribution >= 0.6 is 11.6 Å². The molecule has 0 radical (unpaired) electrons. The Morgan fingerprint density at radius 1 is 1.33 bits per heavy atom. The van der Waals surface area contributed by atoms with E-state index in [1.165, 1.54) is 9.80 Å². The molecule has 0 aromatic heterocycles. The summed E-state index contributed by atoms with van der Waals surface area (Å²) in [5.41, 5.74) is -0.946. The normalized spacial score (nSPS) is 32.6. The van der Waals surface area contributed by atoms with Gasteiger partial charge in [-0.3, -0.25) is 14.4 Å². The molecule has 2 N–H and O–H groups in total. The molecule has 196 valence electrons. The Hall–Kier alpha value is -2.42. The van der Waals surface area contributed by atoms with Crippen LogP contribution in [0.1, 0.15) is 45.1 Å². The molecule has 3 fully saturated rings. The summed E-state index contributed by atoms with van der Waals surface area (Å²) in [6.45, 7) is 9.85. The number of nitrogens with zero attached hydrogens (tertiary/aromatic N) is 2. The van der Waals surface area contributed by atoms with Crippen LogP contribution in [0.15, 0.2) is 30.9 Å². The summed E-state index contributed by atoms with van der Waals surface area (Å²) in [7, 11) is 0. The van der Waals surface area contributed by atoms with E-state index < -0.39 is 35.0 Å². The number of halogens is 1. The molecule has 0 aliphatic carbocycles. The van der Waals surface area contributed by atoms with E-state index in [0.717, 1.165) is 5.56 Å². The zero-order valence-corrected chi connectivity index (χ0v) is 21.8. The van der Waals surface area contributed by atoms with Gasteiger partial charge in [0.25, 0.3) is 5.91 Å². The lowest BCUT2D eigenvalue weighted by atomic mass is 9.62. The van der Waals surface area contributed by atoms with Gasteiger partial charge in [0, 0.05) is 19.7 Å². The fourth-order valence-corrected chi connectivity index (χ4v) is 7.06. The van der Waals surface area contributed by atoms with E-state index in [4.69, 9.17) is 16.3 Å². The molecule has 3 saturated heterocycles. The molecule has 9 heteroatoms. The van der Waals surface area contributed by atoms with E-state index in [9.17, 15) is 24.6 Å². The third kappa shape index (κ3) is 3.85. The molecule has 1 spiro atoms. The number of hydrogen-bond donors (Lipinski definition) is 2. The van der Waals surface area contributed by atoms with Gasteiger partial charge in [-0.15, -0.1) is 6.58 Å². The van der Waals surface area contributed by atoms with Crippen molar-refractivity contribution in [3.63, 3.8) is 0 Å². The molecule has 1 aromatic rings. The molecule has 3 heterocycles. The van der Waals surface area contributed by atoms with Crippen molar-refractivity contribution in [3.8, 4) is 0 Å². The van der Waals surface area contributed by atoms with Crippen molar-refractivity contribution < 1.29 is 29.3 Å². The number of ether oxygens (including phenoxy) is 1. The lowest BCUT2D eigenvalue weighted by Crippen LogP contribution is -2.57. The van der Waals surface area contributed by atoms with Crippen LogP contribution in [0, 0.1) is 24.7 Å². The van der Waals surface area contributed by atoms with Crippen LogP contribution in [0.25, 0.3) is 0 Å². The van der Waals surface area contributed by atoms with Gasteiger partial charge in [-0.2, -0.15) is 0 Å². The molecule has 2 bridgehead atoms. The highest BCUT2D eigenvalue weighted by Gasteiger charge is 2.80. The topological polar surface area (TPSA) is 107 Å². The summed E-state index contributed by atoms with van der Waals surface area (Å²) >= 11 is 6.55. The van der Waals surface area contributed by atoms with Crippen LogP contribution in [-0.2, 0) is 19.1 Å². The number of carboxylic acids is 1. The SMILES string of the molecule is C=CCN(C(=O)C1N(CCCCCO)C(=O)[C@@H]2[C@H](C(=O)O)[C@@]3(C)OC12CC3C)c1c(C)cccc1Cl. The summed E-state index contributed by atoms with van der Waals surface area (Å²) in [4.78, 5) is 43.9. The van der Waals surface area contributed by atoms with Gasteiger partial charge in [0.05, 0.1) is 22.2 Å². The zero-order valence-electron chi connectivity index (χ0n) is 21.1. The van der Waals surface area contributed by atoms with Crippen molar-refractivity contribution >= 4 is 35.1 Å². The molecule has 6 atom stereocenters. The minimum absolute atomic E-state index is 0.0435. The maximum absolute atomic E-state index is 14.5. The second-order valence-corrected chi connectivity index (χ2v) is 10.9. The first kappa shape index (κ1) is 26.6. The number of unbranched alkanes of at least 4 members (excludes halogenated alkanes) is 2. The third-order valence-electron chi connectivity index (χ3n) is 8.41. The Labute approximate surface area is 216 Å². The molecule has 8 nitrogen and oxygen atoms in total. The Kier molecular flexibility index (Phi) is 7.25. The van der Waals surface area contributed by atoms with Gasteiger partial charge in [0.15, 0.2) is 0 Å². The number of aliphatic carboxylic acids is 1. The number of hydrogen-bond acceptors (Lipinski definition) is 5. The van der Waals surface area contributed by atoms with E-state index >= 15 is 0 Å². The summed E-state index contributed by atoms with van der Waals surface area (Å²) in [5.74, 6) is -3.92. The van der Waals surface area contributed by atoms with Gasteiger partial charge in [-0.25, -0.2) is 0 Å². The van der Waals surface area contributed by atoms with Gasteiger partial charge in [-0.1, -0.05) is 36.7 Å². The largest absolute Gasteiger partial charge is 0.481 e. The lowest BCUT2D eigenvalue weighted by Gasteiger charge is -2.37. The van der Waals surface area contributed by atoms with Crippen LogP contribution in [0.5, 0.6) is 0 Å². The van der Waals surface area contributed by atoms with E-state index in [1.807, 2.05) is 19.9 Å². The molecule has 0 saturated carbocycles. The number of amides is 2. The molecular formula is C27H35ClN2O6. The molecule has 1 aromatic carbocycles. The number of benzene rings is 1. The average molecular weight is 519 g/mol. The van der Waals surface area contributed by atoms with Crippen LogP contribution in [0.4, 0.5) is 5.69 Å². The van der Waals surface area contributed by atoms with Gasteiger partial charge in [0.1, 0.15) is 17.6 Å².